The second kappa shape index (κ2) is 12.3. The number of amides is 2. The average Bonchev–Trinajstić information content (AvgIpc) is 3.80. The molecule has 5 rings (SSSR count). The van der Waals surface area contributed by atoms with Gasteiger partial charge in [0.1, 0.15) is 17.0 Å². The second-order valence-corrected chi connectivity index (χ2v) is 9.92. The Labute approximate surface area is 244 Å². The molecular weight excluding hydrogens is 564 g/mol. The lowest BCUT2D eigenvalue weighted by Gasteiger charge is -2.16. The Morgan fingerprint density at radius 3 is 2.23 bits per heavy atom. The third-order valence-corrected chi connectivity index (χ3v) is 6.91. The van der Waals surface area contributed by atoms with E-state index in [9.17, 15) is 18.8 Å². The maximum atomic E-state index is 15.1. The highest BCUT2D eigenvalue weighted by molar-refractivity contribution is 6.16. The quantitative estimate of drug-likeness (QED) is 0.137. The number of nitrogens with one attached hydrogen (secondary N) is 2. The van der Waals surface area contributed by atoms with E-state index in [4.69, 9.17) is 19.3 Å². The topological polar surface area (TPSA) is 136 Å². The van der Waals surface area contributed by atoms with Crippen molar-refractivity contribution in [3.8, 4) is 23.0 Å². The molecule has 0 unspecified atom stereocenters. The van der Waals surface area contributed by atoms with Crippen LogP contribution in [0.3, 0.4) is 0 Å². The van der Waals surface area contributed by atoms with E-state index in [1.165, 1.54) is 49.7 Å². The van der Waals surface area contributed by atoms with Crippen molar-refractivity contribution < 1.29 is 42.5 Å². The Morgan fingerprint density at radius 1 is 0.884 bits per heavy atom. The molecule has 0 radical (unpaired) electrons. The standard InChI is InChI=1S/C31H27F2N3O7/c1-41-26-16-21-23(17-27(26)42-14-2-3-28(37)38)34-13-10-24(21)43-25-9-8-20(15-22(25)33)36-30(40)31(11-12-31)29(39)35-19-6-4-18(32)5-7-19/h4-10,13,15-17H,2-3,11-12,14H2,1H3,(H,35,39)(H,36,40)(H,37,38). The molecule has 1 aromatic heterocycles. The number of hydrogen-bond donors (Lipinski definition) is 3. The smallest absolute Gasteiger partial charge is 0.303 e. The first-order valence-electron chi connectivity index (χ1n) is 13.4. The fourth-order valence-corrected chi connectivity index (χ4v) is 4.39. The third-order valence-electron chi connectivity index (χ3n) is 6.91. The number of ether oxygens (including phenoxy) is 3. The van der Waals surface area contributed by atoms with Crippen LogP contribution in [0.1, 0.15) is 25.7 Å². The van der Waals surface area contributed by atoms with Gasteiger partial charge in [-0.3, -0.25) is 19.4 Å². The van der Waals surface area contributed by atoms with Gasteiger partial charge in [0.05, 0.1) is 19.2 Å². The zero-order valence-electron chi connectivity index (χ0n) is 23.0. The third kappa shape index (κ3) is 6.64. The molecule has 0 bridgehead atoms. The molecule has 1 saturated carbocycles. The molecule has 0 saturated heterocycles. The number of anilines is 2. The Morgan fingerprint density at radius 2 is 1.58 bits per heavy atom. The van der Waals surface area contributed by atoms with Crippen molar-refractivity contribution in [3.63, 3.8) is 0 Å². The van der Waals surface area contributed by atoms with E-state index < -0.39 is 34.8 Å². The number of rotatable bonds is 12. The van der Waals surface area contributed by atoms with E-state index in [0.717, 1.165) is 6.07 Å². The number of carbonyl (C=O) groups excluding carboxylic acids is 2. The number of carboxylic acid groups (broad SMARTS) is 1. The fraction of sp³-hybridized carbons (Fsp3) is 0.226. The van der Waals surface area contributed by atoms with Crippen LogP contribution >= 0.6 is 0 Å². The van der Waals surface area contributed by atoms with Gasteiger partial charge in [0.2, 0.25) is 11.8 Å². The van der Waals surface area contributed by atoms with Crippen molar-refractivity contribution in [3.05, 3.63) is 78.5 Å². The normalized spacial score (nSPS) is 13.2. The lowest BCUT2D eigenvalue weighted by atomic mass is 10.0. The van der Waals surface area contributed by atoms with E-state index >= 15 is 4.39 Å². The molecule has 3 aromatic carbocycles. The van der Waals surface area contributed by atoms with Crippen molar-refractivity contribution >= 4 is 40.1 Å². The van der Waals surface area contributed by atoms with Crippen molar-refractivity contribution in [1.82, 2.24) is 4.98 Å². The van der Waals surface area contributed by atoms with Gasteiger partial charge in [-0.1, -0.05) is 0 Å². The van der Waals surface area contributed by atoms with Gasteiger partial charge in [-0.2, -0.15) is 0 Å². The molecule has 1 heterocycles. The number of nitrogens with zero attached hydrogens (tertiary/aromatic N) is 1. The number of fused-ring (bicyclic) bond motifs is 1. The van der Waals surface area contributed by atoms with E-state index in [-0.39, 0.29) is 30.2 Å². The number of methoxy groups -OCH3 is 1. The molecule has 10 nitrogen and oxygen atoms in total. The van der Waals surface area contributed by atoms with Gasteiger partial charge in [-0.15, -0.1) is 0 Å². The van der Waals surface area contributed by atoms with E-state index in [0.29, 0.717) is 47.4 Å². The Hall–Kier alpha value is -5.26. The molecule has 0 aliphatic heterocycles. The maximum absolute atomic E-state index is 15.1. The minimum atomic E-state index is -1.30. The molecule has 1 aliphatic carbocycles. The molecule has 2 amide bonds. The van der Waals surface area contributed by atoms with E-state index in [1.807, 2.05) is 0 Å². The molecule has 3 N–H and O–H groups in total. The highest BCUT2D eigenvalue weighted by Crippen LogP contribution is 2.47. The van der Waals surface area contributed by atoms with Gasteiger partial charge >= 0.3 is 5.97 Å². The summed E-state index contributed by atoms with van der Waals surface area (Å²) in [6, 6.07) is 13.9. The Balaban J connectivity index is 1.27. The molecular formula is C31H27F2N3O7. The fourth-order valence-electron chi connectivity index (χ4n) is 4.39. The minimum absolute atomic E-state index is 0.0338. The van der Waals surface area contributed by atoms with Crippen LogP contribution in [0.4, 0.5) is 20.2 Å². The summed E-state index contributed by atoms with van der Waals surface area (Å²) in [5.74, 6) is -2.33. The van der Waals surface area contributed by atoms with Crippen LogP contribution in [-0.4, -0.2) is 41.6 Å². The number of aliphatic carboxylic acids is 1. The Kier molecular flexibility index (Phi) is 8.37. The predicted octanol–water partition coefficient (Wildman–Crippen LogP) is 5.91. The molecule has 222 valence electrons. The predicted molar refractivity (Wildman–Crippen MR) is 152 cm³/mol. The molecule has 43 heavy (non-hydrogen) atoms. The van der Waals surface area contributed by atoms with Crippen molar-refractivity contribution in [2.24, 2.45) is 5.41 Å². The summed E-state index contributed by atoms with van der Waals surface area (Å²) < 4.78 is 45.3. The lowest BCUT2D eigenvalue weighted by molar-refractivity contribution is -0.137. The summed E-state index contributed by atoms with van der Waals surface area (Å²) in [6.07, 6.45) is 2.41. The number of pyridine rings is 1. The first kappa shape index (κ1) is 29.2. The monoisotopic (exact) mass is 591 g/mol. The summed E-state index contributed by atoms with van der Waals surface area (Å²) >= 11 is 0. The second-order valence-electron chi connectivity index (χ2n) is 9.92. The van der Waals surface area contributed by atoms with Crippen LogP contribution in [0, 0.1) is 17.0 Å². The summed E-state index contributed by atoms with van der Waals surface area (Å²) in [5.41, 5.74) is -0.321. The summed E-state index contributed by atoms with van der Waals surface area (Å²) in [7, 11) is 1.45. The largest absolute Gasteiger partial charge is 0.493 e. The number of carbonyl (C=O) groups is 3. The Bertz CT molecular complexity index is 1690. The molecule has 0 spiro atoms. The van der Waals surface area contributed by atoms with Crippen molar-refractivity contribution in [2.75, 3.05) is 24.4 Å². The van der Waals surface area contributed by atoms with Crippen LogP contribution in [-0.2, 0) is 14.4 Å². The number of hydrogen-bond acceptors (Lipinski definition) is 7. The van der Waals surface area contributed by atoms with Gasteiger partial charge in [0, 0.05) is 41.5 Å². The number of benzene rings is 3. The first-order valence-corrected chi connectivity index (χ1v) is 13.4. The molecule has 12 heteroatoms. The lowest BCUT2D eigenvalue weighted by Crippen LogP contribution is -2.35. The maximum Gasteiger partial charge on any atom is 0.303 e. The van der Waals surface area contributed by atoms with Gasteiger partial charge in [0.25, 0.3) is 0 Å². The number of carboxylic acids is 1. The van der Waals surface area contributed by atoms with Gasteiger partial charge in [-0.25, -0.2) is 8.78 Å². The van der Waals surface area contributed by atoms with Crippen LogP contribution in [0.5, 0.6) is 23.0 Å². The van der Waals surface area contributed by atoms with Crippen LogP contribution in [0.2, 0.25) is 0 Å². The molecule has 4 aromatic rings. The summed E-state index contributed by atoms with van der Waals surface area (Å²) in [6.45, 7) is 0.165. The zero-order valence-corrected chi connectivity index (χ0v) is 23.0. The first-order chi connectivity index (χ1) is 20.7. The van der Waals surface area contributed by atoms with Crippen LogP contribution < -0.4 is 24.8 Å². The minimum Gasteiger partial charge on any atom is -0.493 e. The van der Waals surface area contributed by atoms with E-state index in [1.54, 1.807) is 18.2 Å². The number of halogens is 2. The van der Waals surface area contributed by atoms with Gasteiger partial charge in [-0.05, 0) is 67.8 Å². The SMILES string of the molecule is COc1cc2c(Oc3ccc(NC(=O)C4(C(=O)Nc5ccc(F)cc5)CC4)cc3F)ccnc2cc1OCCCC(=O)O. The summed E-state index contributed by atoms with van der Waals surface area (Å²) in [5, 5.41) is 14.5. The van der Waals surface area contributed by atoms with E-state index in [2.05, 4.69) is 15.6 Å². The average molecular weight is 592 g/mol. The highest BCUT2D eigenvalue weighted by atomic mass is 19.1. The highest BCUT2D eigenvalue weighted by Gasteiger charge is 2.56. The summed E-state index contributed by atoms with van der Waals surface area (Å²) in [4.78, 5) is 40.8. The number of aromatic nitrogens is 1. The van der Waals surface area contributed by atoms with Crippen LogP contribution in [0.15, 0.2) is 66.9 Å². The van der Waals surface area contributed by atoms with Gasteiger partial charge in [0.15, 0.2) is 23.1 Å². The van der Waals surface area contributed by atoms with Gasteiger partial charge < -0.3 is 30.0 Å². The van der Waals surface area contributed by atoms with Crippen molar-refractivity contribution in [1.29, 1.82) is 0 Å². The molecule has 1 aliphatic rings. The van der Waals surface area contributed by atoms with Crippen LogP contribution in [0.25, 0.3) is 10.9 Å². The van der Waals surface area contributed by atoms with Crippen molar-refractivity contribution in [2.45, 2.75) is 25.7 Å². The molecule has 1 fully saturated rings. The molecule has 0 atom stereocenters. The zero-order chi connectivity index (χ0) is 30.6.